The standard InChI is InChI=1S/C54H78O3/c1-10-16-22-43-28-40(29-44(52(43)55)23-17-11-2)34-49-37(7)38(8)50(35-41-30-45(24-18-12-3)53(56)46(31-41)25-19-13-4)51(39(49)9)36-42-32-47(26-20-14-5)54(57)48(33-42)27-21-15-6/h28-33,55-57H,10-27,34-36H2,1-9H3. The lowest BCUT2D eigenvalue weighted by molar-refractivity contribution is 0.458. The van der Waals surface area contributed by atoms with E-state index in [0.717, 1.165) is 168 Å². The summed E-state index contributed by atoms with van der Waals surface area (Å²) < 4.78 is 0. The summed E-state index contributed by atoms with van der Waals surface area (Å²) in [6.45, 7) is 20.4. The van der Waals surface area contributed by atoms with Gasteiger partial charge in [-0.2, -0.15) is 0 Å². The van der Waals surface area contributed by atoms with E-state index in [1.54, 1.807) is 0 Å². The molecule has 4 rings (SSSR count). The molecule has 0 aliphatic carbocycles. The van der Waals surface area contributed by atoms with Crippen molar-refractivity contribution in [3.63, 3.8) is 0 Å². The number of phenols is 3. The minimum atomic E-state index is 0.506. The molecule has 57 heavy (non-hydrogen) atoms. The van der Waals surface area contributed by atoms with Crippen molar-refractivity contribution >= 4 is 0 Å². The molecule has 3 heteroatoms. The molecule has 3 N–H and O–H groups in total. The van der Waals surface area contributed by atoms with Crippen LogP contribution in [0.4, 0.5) is 0 Å². The fraction of sp³-hybridized carbons (Fsp3) is 0.556. The van der Waals surface area contributed by atoms with Crippen LogP contribution >= 0.6 is 0 Å². The maximum atomic E-state index is 11.5. The molecule has 0 bridgehead atoms. The van der Waals surface area contributed by atoms with Crippen molar-refractivity contribution in [3.8, 4) is 17.2 Å². The Morgan fingerprint density at radius 3 is 0.772 bits per heavy atom. The van der Waals surface area contributed by atoms with E-state index in [9.17, 15) is 15.3 Å². The topological polar surface area (TPSA) is 60.7 Å². The molecule has 4 aromatic carbocycles. The van der Waals surface area contributed by atoms with Crippen LogP contribution < -0.4 is 0 Å². The van der Waals surface area contributed by atoms with Crippen molar-refractivity contribution in [3.05, 3.63) is 120 Å². The van der Waals surface area contributed by atoms with Crippen molar-refractivity contribution in [2.45, 2.75) is 197 Å². The highest BCUT2D eigenvalue weighted by molar-refractivity contribution is 5.57. The number of benzene rings is 4. The monoisotopic (exact) mass is 775 g/mol. The van der Waals surface area contributed by atoms with Gasteiger partial charge in [-0.25, -0.2) is 0 Å². The van der Waals surface area contributed by atoms with E-state index in [1.165, 1.54) is 50.1 Å². The van der Waals surface area contributed by atoms with Crippen LogP contribution in [0.15, 0.2) is 36.4 Å². The first-order valence-corrected chi connectivity index (χ1v) is 23.1. The smallest absolute Gasteiger partial charge is 0.121 e. The minimum Gasteiger partial charge on any atom is -0.507 e. The van der Waals surface area contributed by atoms with Gasteiger partial charge >= 0.3 is 0 Å². The number of hydrogen-bond acceptors (Lipinski definition) is 3. The van der Waals surface area contributed by atoms with Crippen molar-refractivity contribution < 1.29 is 15.3 Å². The second-order valence-corrected chi connectivity index (χ2v) is 17.3. The largest absolute Gasteiger partial charge is 0.507 e. The Morgan fingerprint density at radius 2 is 0.526 bits per heavy atom. The van der Waals surface area contributed by atoms with Gasteiger partial charge in [0, 0.05) is 0 Å². The lowest BCUT2D eigenvalue weighted by Gasteiger charge is -2.25. The molecule has 0 atom stereocenters. The summed E-state index contributed by atoms with van der Waals surface area (Å²) in [5, 5.41) is 34.2. The average Bonchev–Trinajstić information content (AvgIpc) is 3.21. The zero-order valence-electron chi connectivity index (χ0n) is 37.7. The number of aryl methyl sites for hydroxylation is 6. The summed E-state index contributed by atoms with van der Waals surface area (Å²) in [6, 6.07) is 13.7. The molecule has 0 amide bonds. The Hall–Kier alpha value is -3.72. The first-order valence-electron chi connectivity index (χ1n) is 23.1. The summed E-state index contributed by atoms with van der Waals surface area (Å²) in [4.78, 5) is 0. The molecule has 3 nitrogen and oxygen atoms in total. The van der Waals surface area contributed by atoms with Crippen molar-refractivity contribution in [1.29, 1.82) is 0 Å². The molecule has 0 fully saturated rings. The van der Waals surface area contributed by atoms with E-state index >= 15 is 0 Å². The fourth-order valence-corrected chi connectivity index (χ4v) is 8.87. The molecule has 0 spiro atoms. The Bertz CT molecular complexity index is 1810. The van der Waals surface area contributed by atoms with Crippen molar-refractivity contribution in [2.75, 3.05) is 0 Å². The van der Waals surface area contributed by atoms with Crippen LogP contribution in [-0.2, 0) is 57.8 Å². The van der Waals surface area contributed by atoms with Crippen LogP contribution in [0.25, 0.3) is 0 Å². The summed E-state index contributed by atoms with van der Waals surface area (Å²) in [6.07, 6.45) is 20.9. The summed E-state index contributed by atoms with van der Waals surface area (Å²) in [7, 11) is 0. The molecular weight excluding hydrogens is 697 g/mol. The molecule has 312 valence electrons. The average molecular weight is 775 g/mol. The van der Waals surface area contributed by atoms with Gasteiger partial charge in [0.15, 0.2) is 0 Å². The molecule has 0 radical (unpaired) electrons. The summed E-state index contributed by atoms with van der Waals surface area (Å²) in [5.41, 5.74) is 18.7. The van der Waals surface area contributed by atoms with E-state index in [4.69, 9.17) is 0 Å². The van der Waals surface area contributed by atoms with Crippen LogP contribution in [0.3, 0.4) is 0 Å². The summed E-state index contributed by atoms with van der Waals surface area (Å²) >= 11 is 0. The van der Waals surface area contributed by atoms with Gasteiger partial charge in [-0.15, -0.1) is 0 Å². The maximum absolute atomic E-state index is 11.5. The number of unbranched alkanes of at least 4 members (excludes halogenated alkanes) is 6. The third kappa shape index (κ3) is 12.2. The second-order valence-electron chi connectivity index (χ2n) is 17.3. The molecule has 0 aromatic heterocycles. The van der Waals surface area contributed by atoms with Gasteiger partial charge in [0.2, 0.25) is 0 Å². The molecule has 0 aliphatic heterocycles. The highest BCUT2D eigenvalue weighted by Crippen LogP contribution is 2.37. The van der Waals surface area contributed by atoms with Gasteiger partial charge < -0.3 is 15.3 Å². The fourth-order valence-electron chi connectivity index (χ4n) is 8.87. The third-order valence-electron chi connectivity index (χ3n) is 12.7. The maximum Gasteiger partial charge on any atom is 0.121 e. The second kappa shape index (κ2) is 23.0. The Labute approximate surface area is 348 Å². The first-order chi connectivity index (χ1) is 27.5. The zero-order chi connectivity index (χ0) is 41.5. The number of rotatable bonds is 24. The predicted molar refractivity (Wildman–Crippen MR) is 245 cm³/mol. The molecule has 0 saturated carbocycles. The summed E-state index contributed by atoms with van der Waals surface area (Å²) in [5.74, 6) is 1.53. The normalized spacial score (nSPS) is 11.5. The van der Waals surface area contributed by atoms with Crippen LogP contribution in [0.2, 0.25) is 0 Å². The Kier molecular flexibility index (Phi) is 18.6. The first kappa shape index (κ1) is 46.0. The number of hydrogen-bond donors (Lipinski definition) is 3. The molecule has 0 saturated heterocycles. The van der Waals surface area contributed by atoms with Crippen molar-refractivity contribution in [1.82, 2.24) is 0 Å². The number of phenolic OH excluding ortho intramolecular Hbond substituents is 3. The quantitative estimate of drug-likeness (QED) is 0.0664. The minimum absolute atomic E-state index is 0.506. The lowest BCUT2D eigenvalue weighted by atomic mass is 9.80. The van der Waals surface area contributed by atoms with Gasteiger partial charge in [0.25, 0.3) is 0 Å². The molecule has 0 unspecified atom stereocenters. The van der Waals surface area contributed by atoms with E-state index in [0.29, 0.717) is 17.2 Å². The van der Waals surface area contributed by atoms with E-state index in [1.807, 2.05) is 0 Å². The molecule has 0 heterocycles. The predicted octanol–water partition coefficient (Wildman–Crippen LogP) is 14.6. The van der Waals surface area contributed by atoms with Gasteiger partial charge in [0.05, 0.1) is 0 Å². The zero-order valence-corrected chi connectivity index (χ0v) is 37.7. The van der Waals surface area contributed by atoms with Crippen LogP contribution in [0, 0.1) is 20.8 Å². The Balaban J connectivity index is 1.95. The highest BCUT2D eigenvalue weighted by Gasteiger charge is 2.22. The van der Waals surface area contributed by atoms with E-state index in [2.05, 4.69) is 98.7 Å². The van der Waals surface area contributed by atoms with Crippen LogP contribution in [0.5, 0.6) is 17.2 Å². The lowest BCUT2D eigenvalue weighted by Crippen LogP contribution is -2.11. The third-order valence-corrected chi connectivity index (χ3v) is 12.7. The van der Waals surface area contributed by atoms with Crippen molar-refractivity contribution in [2.24, 2.45) is 0 Å². The highest BCUT2D eigenvalue weighted by atomic mass is 16.3. The van der Waals surface area contributed by atoms with Gasteiger partial charge in [0.1, 0.15) is 17.2 Å². The van der Waals surface area contributed by atoms with Crippen LogP contribution in [0.1, 0.15) is 202 Å². The van der Waals surface area contributed by atoms with Gasteiger partial charge in [-0.1, -0.05) is 116 Å². The van der Waals surface area contributed by atoms with E-state index in [-0.39, 0.29) is 0 Å². The Morgan fingerprint density at radius 1 is 0.316 bits per heavy atom. The molecule has 0 aliphatic rings. The van der Waals surface area contributed by atoms with Crippen LogP contribution in [-0.4, -0.2) is 15.3 Å². The number of aromatic hydroxyl groups is 3. The van der Waals surface area contributed by atoms with E-state index < -0.39 is 0 Å². The van der Waals surface area contributed by atoms with Gasteiger partial charge in [-0.3, -0.25) is 0 Å². The SMILES string of the molecule is CCCCc1cc(Cc2c(C)c(C)c(Cc3cc(CCCC)c(O)c(CCCC)c3)c(Cc3cc(CCCC)c(O)c(CCCC)c3)c2C)cc(CCCC)c1O. The molecular formula is C54H78O3. The van der Waals surface area contributed by atoms with Gasteiger partial charge in [-0.05, 0) is 201 Å². The molecule has 4 aromatic rings.